The summed E-state index contributed by atoms with van der Waals surface area (Å²) >= 11 is 0. The first-order chi connectivity index (χ1) is 14.1. The second-order valence-corrected chi connectivity index (χ2v) is 6.71. The van der Waals surface area contributed by atoms with E-state index in [0.717, 1.165) is 22.3 Å². The number of esters is 1. The Morgan fingerprint density at radius 2 is 1.59 bits per heavy atom. The van der Waals surface area contributed by atoms with Crippen LogP contribution in [-0.2, 0) is 9.47 Å². The van der Waals surface area contributed by atoms with Crippen molar-refractivity contribution in [2.24, 2.45) is 0 Å². The zero-order valence-corrected chi connectivity index (χ0v) is 15.7. The van der Waals surface area contributed by atoms with Crippen LogP contribution < -0.4 is 5.32 Å². The van der Waals surface area contributed by atoms with Gasteiger partial charge in [-0.1, -0.05) is 48.5 Å². The summed E-state index contributed by atoms with van der Waals surface area (Å²) < 4.78 is 10.1. The molecule has 0 unspecified atom stereocenters. The molecule has 2 N–H and O–H groups in total. The second-order valence-electron chi connectivity index (χ2n) is 6.71. The maximum atomic E-state index is 12.3. The van der Waals surface area contributed by atoms with Crippen molar-refractivity contribution in [1.82, 2.24) is 0 Å². The van der Waals surface area contributed by atoms with E-state index in [4.69, 9.17) is 4.74 Å². The van der Waals surface area contributed by atoms with Crippen LogP contribution in [0.5, 0.6) is 5.75 Å². The predicted molar refractivity (Wildman–Crippen MR) is 108 cm³/mol. The number of methoxy groups -OCH3 is 1. The summed E-state index contributed by atoms with van der Waals surface area (Å²) in [6.07, 6.45) is -0.673. The van der Waals surface area contributed by atoms with E-state index in [2.05, 4.69) is 22.2 Å². The van der Waals surface area contributed by atoms with E-state index in [0.29, 0.717) is 0 Å². The molecule has 3 aromatic carbocycles. The van der Waals surface area contributed by atoms with Crippen LogP contribution in [0, 0.1) is 0 Å². The van der Waals surface area contributed by atoms with Crippen LogP contribution in [0.2, 0.25) is 0 Å². The van der Waals surface area contributed by atoms with Crippen molar-refractivity contribution in [1.29, 1.82) is 0 Å². The van der Waals surface area contributed by atoms with Crippen LogP contribution in [0.4, 0.5) is 10.5 Å². The molecule has 0 aromatic heterocycles. The van der Waals surface area contributed by atoms with E-state index in [1.807, 2.05) is 36.4 Å². The van der Waals surface area contributed by atoms with Crippen molar-refractivity contribution in [2.75, 3.05) is 19.0 Å². The highest BCUT2D eigenvalue weighted by Gasteiger charge is 2.29. The summed E-state index contributed by atoms with van der Waals surface area (Å²) in [7, 11) is 1.24. The molecule has 0 spiro atoms. The first-order valence-corrected chi connectivity index (χ1v) is 9.11. The Morgan fingerprint density at radius 1 is 0.966 bits per heavy atom. The Morgan fingerprint density at radius 3 is 2.21 bits per heavy atom. The fraction of sp³-hybridized carbons (Fsp3) is 0.130. The van der Waals surface area contributed by atoms with Crippen molar-refractivity contribution in [3.63, 3.8) is 0 Å². The molecule has 146 valence electrons. The zero-order valence-electron chi connectivity index (χ0n) is 15.7. The van der Waals surface area contributed by atoms with Gasteiger partial charge in [-0.25, -0.2) is 9.59 Å². The number of benzene rings is 3. The Bertz CT molecular complexity index is 1050. The van der Waals surface area contributed by atoms with Gasteiger partial charge in [0.25, 0.3) is 0 Å². The first kappa shape index (κ1) is 18.6. The van der Waals surface area contributed by atoms with E-state index in [1.54, 1.807) is 0 Å². The molecule has 6 heteroatoms. The van der Waals surface area contributed by atoms with Crippen LogP contribution >= 0.6 is 0 Å². The van der Waals surface area contributed by atoms with Crippen molar-refractivity contribution in [3.05, 3.63) is 83.4 Å². The molecule has 4 rings (SSSR count). The standard InChI is InChI=1S/C23H19NO5/c1-28-22(26)14-10-15(12-16(25)11-14)24-23(27)29-13-21-19-8-4-2-6-17(19)18-7-3-5-9-20(18)21/h2-12,21,25H,13H2,1H3,(H,24,27). The van der Waals surface area contributed by atoms with Gasteiger partial charge in [-0.2, -0.15) is 0 Å². The van der Waals surface area contributed by atoms with Gasteiger partial charge in [-0.05, 0) is 34.4 Å². The van der Waals surface area contributed by atoms with Gasteiger partial charge in [0.15, 0.2) is 0 Å². The number of amides is 1. The molecule has 1 amide bonds. The van der Waals surface area contributed by atoms with E-state index in [9.17, 15) is 14.7 Å². The number of fused-ring (bicyclic) bond motifs is 3. The third kappa shape index (κ3) is 3.65. The van der Waals surface area contributed by atoms with Crippen molar-refractivity contribution in [3.8, 4) is 16.9 Å². The zero-order chi connectivity index (χ0) is 20.4. The molecule has 0 saturated carbocycles. The monoisotopic (exact) mass is 389 g/mol. The SMILES string of the molecule is COC(=O)c1cc(O)cc(NC(=O)OCC2c3ccccc3-c3ccccc32)c1. The molecule has 6 nitrogen and oxygen atoms in total. The van der Waals surface area contributed by atoms with Crippen LogP contribution in [0.3, 0.4) is 0 Å². The average Bonchev–Trinajstić information content (AvgIpc) is 3.05. The molecule has 1 aliphatic carbocycles. The summed E-state index contributed by atoms with van der Waals surface area (Å²) in [5.41, 5.74) is 4.89. The van der Waals surface area contributed by atoms with Gasteiger partial charge in [0.2, 0.25) is 0 Å². The van der Waals surface area contributed by atoms with Crippen molar-refractivity contribution >= 4 is 17.7 Å². The number of nitrogens with one attached hydrogen (secondary N) is 1. The summed E-state index contributed by atoms with van der Waals surface area (Å²) in [5.74, 6) is -0.832. The summed E-state index contributed by atoms with van der Waals surface area (Å²) in [6.45, 7) is 0.169. The molecule has 1 aliphatic rings. The second kappa shape index (κ2) is 7.67. The van der Waals surface area contributed by atoms with Gasteiger partial charge in [-0.3, -0.25) is 5.32 Å². The number of carbonyl (C=O) groups excluding carboxylic acids is 2. The van der Waals surface area contributed by atoms with Crippen LogP contribution in [-0.4, -0.2) is 30.9 Å². The number of anilines is 1. The number of phenols is 1. The lowest BCUT2D eigenvalue weighted by Crippen LogP contribution is -2.18. The average molecular weight is 389 g/mol. The van der Waals surface area contributed by atoms with Gasteiger partial charge in [0.05, 0.1) is 12.7 Å². The molecule has 0 heterocycles. The van der Waals surface area contributed by atoms with Crippen molar-refractivity contribution in [2.45, 2.75) is 5.92 Å². The van der Waals surface area contributed by atoms with Gasteiger partial charge >= 0.3 is 12.1 Å². The highest BCUT2D eigenvalue weighted by Crippen LogP contribution is 2.44. The molecule has 0 atom stereocenters. The minimum absolute atomic E-state index is 0.0528. The highest BCUT2D eigenvalue weighted by molar-refractivity contribution is 5.93. The fourth-order valence-corrected chi connectivity index (χ4v) is 3.67. The summed E-state index contributed by atoms with van der Waals surface area (Å²) in [5, 5.41) is 12.3. The third-order valence-corrected chi connectivity index (χ3v) is 4.93. The lowest BCUT2D eigenvalue weighted by Gasteiger charge is -2.15. The summed E-state index contributed by atoms with van der Waals surface area (Å²) in [6, 6.07) is 20.1. The summed E-state index contributed by atoms with van der Waals surface area (Å²) in [4.78, 5) is 24.0. The maximum absolute atomic E-state index is 12.3. The Kier molecular flexibility index (Phi) is 4.91. The Labute approximate surface area is 167 Å². The third-order valence-electron chi connectivity index (χ3n) is 4.93. The number of aromatic hydroxyl groups is 1. The van der Waals surface area contributed by atoms with E-state index in [1.165, 1.54) is 25.3 Å². The van der Waals surface area contributed by atoms with Gasteiger partial charge < -0.3 is 14.6 Å². The highest BCUT2D eigenvalue weighted by atomic mass is 16.5. The predicted octanol–water partition coefficient (Wildman–Crippen LogP) is 4.54. The van der Waals surface area contributed by atoms with E-state index >= 15 is 0 Å². The molecule has 0 fully saturated rings. The number of hydrogen-bond donors (Lipinski definition) is 2. The molecule has 3 aromatic rings. The van der Waals surface area contributed by atoms with Crippen LogP contribution in [0.1, 0.15) is 27.4 Å². The number of carbonyl (C=O) groups is 2. The molecular formula is C23H19NO5. The molecule has 0 aliphatic heterocycles. The minimum atomic E-state index is -0.673. The Hall–Kier alpha value is -3.80. The quantitative estimate of drug-likeness (QED) is 0.640. The Balaban J connectivity index is 1.48. The lowest BCUT2D eigenvalue weighted by molar-refractivity contribution is 0.0600. The molecule has 0 saturated heterocycles. The van der Waals surface area contributed by atoms with Crippen LogP contribution in [0.25, 0.3) is 11.1 Å². The fourth-order valence-electron chi connectivity index (χ4n) is 3.67. The molecule has 0 bridgehead atoms. The molecule has 0 radical (unpaired) electrons. The molecular weight excluding hydrogens is 370 g/mol. The van der Waals surface area contributed by atoms with Crippen LogP contribution in [0.15, 0.2) is 66.7 Å². The van der Waals surface area contributed by atoms with Crippen molar-refractivity contribution < 1.29 is 24.2 Å². The largest absolute Gasteiger partial charge is 0.508 e. The van der Waals surface area contributed by atoms with Gasteiger partial charge in [0, 0.05) is 17.7 Å². The van der Waals surface area contributed by atoms with Gasteiger partial charge in [0.1, 0.15) is 12.4 Å². The first-order valence-electron chi connectivity index (χ1n) is 9.11. The van der Waals surface area contributed by atoms with E-state index in [-0.39, 0.29) is 29.5 Å². The van der Waals surface area contributed by atoms with E-state index < -0.39 is 12.1 Å². The van der Waals surface area contributed by atoms with Gasteiger partial charge in [-0.15, -0.1) is 0 Å². The lowest BCUT2D eigenvalue weighted by atomic mass is 9.98. The number of phenolic OH excluding ortho intramolecular Hbond substituents is 1. The topological polar surface area (TPSA) is 84.9 Å². The maximum Gasteiger partial charge on any atom is 0.411 e. The number of ether oxygens (including phenoxy) is 2. The normalized spacial score (nSPS) is 12.0. The number of rotatable bonds is 4. The number of hydrogen-bond acceptors (Lipinski definition) is 5. The minimum Gasteiger partial charge on any atom is -0.508 e. The smallest absolute Gasteiger partial charge is 0.411 e. The molecule has 29 heavy (non-hydrogen) atoms.